The highest BCUT2D eigenvalue weighted by Gasteiger charge is 2.33. The lowest BCUT2D eigenvalue weighted by atomic mass is 10.1. The number of aromatic nitrogens is 2. The van der Waals surface area contributed by atoms with E-state index in [1.807, 2.05) is 0 Å². The van der Waals surface area contributed by atoms with Crippen molar-refractivity contribution in [2.45, 2.75) is 33.4 Å². The maximum atomic E-state index is 14.5. The molecule has 0 radical (unpaired) electrons. The fourth-order valence-electron chi connectivity index (χ4n) is 3.40. The van der Waals surface area contributed by atoms with Gasteiger partial charge in [0.25, 0.3) is 5.56 Å². The fraction of sp³-hybridized carbons (Fsp3) is 0.261. The van der Waals surface area contributed by atoms with Crippen LogP contribution in [0.5, 0.6) is 0 Å². The first kappa shape index (κ1) is 23.2. The Bertz CT molecular complexity index is 1280. The van der Waals surface area contributed by atoms with E-state index in [1.54, 1.807) is 13.8 Å². The second-order valence-corrected chi connectivity index (χ2v) is 6.95. The second kappa shape index (κ2) is 8.94. The number of hydrogen-bond donors (Lipinski definition) is 0. The van der Waals surface area contributed by atoms with Crippen LogP contribution >= 0.6 is 0 Å². The number of benzene rings is 2. The van der Waals surface area contributed by atoms with Crippen LogP contribution < -0.4 is 5.56 Å². The van der Waals surface area contributed by atoms with Gasteiger partial charge in [-0.15, -0.1) is 0 Å². The molecule has 0 unspecified atom stereocenters. The summed E-state index contributed by atoms with van der Waals surface area (Å²) in [5.74, 6) is -1.19. The predicted molar refractivity (Wildman–Crippen MR) is 112 cm³/mol. The topological polar surface area (TPSA) is 61.2 Å². The van der Waals surface area contributed by atoms with E-state index in [9.17, 15) is 27.2 Å². The Morgan fingerprint density at radius 1 is 1.22 bits per heavy atom. The zero-order valence-corrected chi connectivity index (χ0v) is 17.6. The Morgan fingerprint density at radius 3 is 2.56 bits per heavy atom. The highest BCUT2D eigenvalue weighted by Crippen LogP contribution is 2.34. The summed E-state index contributed by atoms with van der Waals surface area (Å²) in [6, 6.07) is 5.85. The maximum Gasteiger partial charge on any atom is 0.416 e. The van der Waals surface area contributed by atoms with Gasteiger partial charge in [-0.3, -0.25) is 9.36 Å². The minimum atomic E-state index is -4.59. The molecule has 0 aliphatic rings. The molecule has 0 saturated heterocycles. The number of aryl methyl sites for hydroxylation is 1. The molecule has 168 valence electrons. The van der Waals surface area contributed by atoms with Crippen LogP contribution in [0.25, 0.3) is 22.7 Å². The highest BCUT2D eigenvalue weighted by atomic mass is 19.4. The van der Waals surface area contributed by atoms with E-state index in [4.69, 9.17) is 4.74 Å². The van der Waals surface area contributed by atoms with Gasteiger partial charge in [0.15, 0.2) is 0 Å². The Kier molecular flexibility index (Phi) is 6.47. The van der Waals surface area contributed by atoms with Crippen molar-refractivity contribution in [3.8, 4) is 5.69 Å². The molecule has 3 rings (SSSR count). The van der Waals surface area contributed by atoms with E-state index in [0.29, 0.717) is 0 Å². The quantitative estimate of drug-likeness (QED) is 0.313. The van der Waals surface area contributed by atoms with Crippen LogP contribution in [0.4, 0.5) is 17.6 Å². The lowest BCUT2D eigenvalue weighted by Crippen LogP contribution is -2.25. The number of nitrogens with zero attached hydrogens (tertiary/aromatic N) is 2. The monoisotopic (exact) mass is 448 g/mol. The number of fused-ring (bicyclic) bond motifs is 1. The summed E-state index contributed by atoms with van der Waals surface area (Å²) in [5, 5.41) is 0.00363. The molecule has 0 N–H and O–H groups in total. The molecule has 32 heavy (non-hydrogen) atoms. The van der Waals surface area contributed by atoms with Gasteiger partial charge in [-0.25, -0.2) is 14.2 Å². The van der Waals surface area contributed by atoms with Gasteiger partial charge in [-0.2, -0.15) is 13.2 Å². The number of halogens is 4. The molecular formula is C23H20F4N2O3. The van der Waals surface area contributed by atoms with Gasteiger partial charge in [0.1, 0.15) is 11.6 Å². The lowest BCUT2D eigenvalue weighted by molar-refractivity contribution is -0.138. The van der Waals surface area contributed by atoms with Crippen molar-refractivity contribution in [1.82, 2.24) is 9.55 Å². The Balaban J connectivity index is 2.27. The summed E-state index contributed by atoms with van der Waals surface area (Å²) >= 11 is 0. The van der Waals surface area contributed by atoms with Crippen LogP contribution in [0, 0.1) is 12.7 Å². The molecule has 0 amide bonds. The third-order valence-corrected chi connectivity index (χ3v) is 4.91. The first-order valence-electron chi connectivity index (χ1n) is 9.85. The molecular weight excluding hydrogens is 428 g/mol. The van der Waals surface area contributed by atoms with Crippen LogP contribution in [0.1, 0.15) is 36.4 Å². The minimum absolute atomic E-state index is 0.00363. The van der Waals surface area contributed by atoms with Crippen molar-refractivity contribution < 1.29 is 27.1 Å². The average Bonchev–Trinajstić information content (AvgIpc) is 2.72. The smallest absolute Gasteiger partial charge is 0.416 e. The number of hydrogen-bond acceptors (Lipinski definition) is 4. The molecule has 0 bridgehead atoms. The maximum absolute atomic E-state index is 14.5. The van der Waals surface area contributed by atoms with Crippen molar-refractivity contribution in [3.05, 3.63) is 75.1 Å². The van der Waals surface area contributed by atoms with E-state index >= 15 is 0 Å². The highest BCUT2D eigenvalue weighted by molar-refractivity contribution is 5.88. The molecule has 0 aliphatic heterocycles. The van der Waals surface area contributed by atoms with Gasteiger partial charge in [-0.1, -0.05) is 13.0 Å². The average molecular weight is 448 g/mol. The third-order valence-electron chi connectivity index (χ3n) is 4.91. The SMILES string of the molecule is CCOC(=O)/C=C/c1cc2c(=O)n(-c3cccc(C(F)(F)F)c3C)c(CC)nc2cc1F. The second-order valence-electron chi connectivity index (χ2n) is 6.95. The number of alkyl halides is 3. The largest absolute Gasteiger partial charge is 0.463 e. The Morgan fingerprint density at radius 2 is 1.94 bits per heavy atom. The Labute approximate surface area is 181 Å². The predicted octanol–water partition coefficient (Wildman–Crippen LogP) is 4.99. The molecule has 0 saturated carbocycles. The first-order valence-corrected chi connectivity index (χ1v) is 9.85. The van der Waals surface area contributed by atoms with E-state index in [1.165, 1.54) is 31.2 Å². The standard InChI is InChI=1S/C23H20F4N2O3/c1-4-20-28-18-12-17(24)14(9-10-21(30)32-5-2)11-15(18)22(31)29(20)19-8-6-7-16(13(19)3)23(25,26)27/h6-12H,4-5H2,1-3H3/b10-9+. The Hall–Kier alpha value is -3.49. The van der Waals surface area contributed by atoms with Gasteiger partial charge >= 0.3 is 12.1 Å². The number of ether oxygens (including phenoxy) is 1. The van der Waals surface area contributed by atoms with Gasteiger partial charge in [-0.05, 0) is 43.7 Å². The van der Waals surface area contributed by atoms with Crippen molar-refractivity contribution in [2.24, 2.45) is 0 Å². The van der Waals surface area contributed by atoms with Gasteiger partial charge in [0.2, 0.25) is 0 Å². The number of rotatable bonds is 5. The molecule has 0 atom stereocenters. The summed E-state index contributed by atoms with van der Waals surface area (Å²) in [4.78, 5) is 29.2. The number of esters is 1. The van der Waals surface area contributed by atoms with Crippen LogP contribution in [-0.4, -0.2) is 22.1 Å². The first-order chi connectivity index (χ1) is 15.1. The summed E-state index contributed by atoms with van der Waals surface area (Å²) in [7, 11) is 0. The van der Waals surface area contributed by atoms with Crippen LogP contribution in [-0.2, 0) is 22.1 Å². The molecule has 0 fully saturated rings. The van der Waals surface area contributed by atoms with Crippen molar-refractivity contribution in [2.75, 3.05) is 6.61 Å². The minimum Gasteiger partial charge on any atom is -0.463 e. The lowest BCUT2D eigenvalue weighted by Gasteiger charge is -2.18. The van der Waals surface area contributed by atoms with Gasteiger partial charge < -0.3 is 4.74 Å². The zero-order chi connectivity index (χ0) is 23.6. The van der Waals surface area contributed by atoms with E-state index in [0.717, 1.165) is 22.8 Å². The normalized spacial score (nSPS) is 12.0. The molecule has 1 aromatic heterocycles. The van der Waals surface area contributed by atoms with Gasteiger partial charge in [0.05, 0.1) is 28.8 Å². The summed E-state index contributed by atoms with van der Waals surface area (Å²) < 4.78 is 60.6. The molecule has 9 heteroatoms. The summed E-state index contributed by atoms with van der Waals surface area (Å²) in [6.45, 7) is 4.75. The zero-order valence-electron chi connectivity index (χ0n) is 17.6. The van der Waals surface area contributed by atoms with E-state index in [-0.39, 0.29) is 46.6 Å². The molecule has 1 heterocycles. The molecule has 0 aliphatic carbocycles. The van der Waals surface area contributed by atoms with Crippen LogP contribution in [0.2, 0.25) is 0 Å². The van der Waals surface area contributed by atoms with Crippen molar-refractivity contribution in [3.63, 3.8) is 0 Å². The fourth-order valence-corrected chi connectivity index (χ4v) is 3.40. The number of carbonyl (C=O) groups excluding carboxylic acids is 1. The van der Waals surface area contributed by atoms with Crippen molar-refractivity contribution in [1.29, 1.82) is 0 Å². The van der Waals surface area contributed by atoms with Crippen molar-refractivity contribution >= 4 is 22.9 Å². The molecule has 5 nitrogen and oxygen atoms in total. The van der Waals surface area contributed by atoms with E-state index < -0.39 is 29.1 Å². The van der Waals surface area contributed by atoms with Crippen LogP contribution in [0.15, 0.2) is 41.2 Å². The number of carbonyl (C=O) groups is 1. The van der Waals surface area contributed by atoms with E-state index in [2.05, 4.69) is 4.98 Å². The summed E-state index contributed by atoms with van der Waals surface area (Å²) in [5.41, 5.74) is -1.56. The van der Waals surface area contributed by atoms with Gasteiger partial charge in [0, 0.05) is 24.1 Å². The molecule has 3 aromatic rings. The molecule has 0 spiro atoms. The third kappa shape index (κ3) is 4.42. The van der Waals surface area contributed by atoms with Crippen LogP contribution in [0.3, 0.4) is 0 Å². The molecule has 2 aromatic carbocycles. The summed E-state index contributed by atoms with van der Waals surface area (Å²) in [6.07, 6.45) is -2.17.